The van der Waals surface area contributed by atoms with Crippen molar-refractivity contribution in [3.8, 4) is 44.6 Å². The van der Waals surface area contributed by atoms with Crippen LogP contribution in [0.4, 0.5) is 0 Å². The van der Waals surface area contributed by atoms with Gasteiger partial charge in [0, 0.05) is 28.8 Å². The average molecular weight is 475 g/mol. The lowest BCUT2D eigenvalue weighted by atomic mass is 9.78. The summed E-state index contributed by atoms with van der Waals surface area (Å²) in [5.41, 5.74) is 13.1. The Bertz CT molecular complexity index is 1780. The number of hydrogen-bond acceptors (Lipinski definition) is 2. The molecule has 2 nitrogen and oxygen atoms in total. The molecule has 2 aromatic heterocycles. The molecule has 0 unspecified atom stereocenters. The van der Waals surface area contributed by atoms with Crippen LogP contribution >= 0.6 is 0 Å². The third-order valence-corrected chi connectivity index (χ3v) is 7.74. The van der Waals surface area contributed by atoms with Crippen LogP contribution in [0.1, 0.15) is 25.0 Å². The number of para-hydroxylation sites is 1. The van der Waals surface area contributed by atoms with E-state index < -0.39 is 0 Å². The van der Waals surface area contributed by atoms with Gasteiger partial charge in [-0.25, -0.2) is 4.98 Å². The Morgan fingerprint density at radius 1 is 0.595 bits per heavy atom. The van der Waals surface area contributed by atoms with Gasteiger partial charge in [0.1, 0.15) is 0 Å². The summed E-state index contributed by atoms with van der Waals surface area (Å²) in [6.45, 7) is 4.66. The molecule has 7 rings (SSSR count). The SMILES string of the molecule is CC1(C)c2ccccc2-c2nc3ccccc3c(-c3cccc(-c4ccc(-c5cccnc5)cc4)c3)c21. The third-order valence-electron chi connectivity index (χ3n) is 7.74. The first-order valence-electron chi connectivity index (χ1n) is 12.8. The predicted octanol–water partition coefficient (Wildman–Crippen LogP) is 8.94. The average Bonchev–Trinajstić information content (AvgIpc) is 3.19. The molecule has 37 heavy (non-hydrogen) atoms. The van der Waals surface area contributed by atoms with Crippen molar-refractivity contribution in [2.45, 2.75) is 19.3 Å². The summed E-state index contributed by atoms with van der Waals surface area (Å²) in [7, 11) is 0. The van der Waals surface area contributed by atoms with E-state index in [9.17, 15) is 0 Å². The van der Waals surface area contributed by atoms with Crippen molar-refractivity contribution in [3.05, 3.63) is 133 Å². The van der Waals surface area contributed by atoms with Crippen LogP contribution in [0.15, 0.2) is 122 Å². The highest BCUT2D eigenvalue weighted by Gasteiger charge is 2.39. The van der Waals surface area contributed by atoms with E-state index in [1.165, 1.54) is 49.9 Å². The molecule has 0 amide bonds. The molecular formula is C35H26N2. The van der Waals surface area contributed by atoms with Gasteiger partial charge in [-0.05, 0) is 62.7 Å². The molecule has 176 valence electrons. The zero-order valence-electron chi connectivity index (χ0n) is 20.9. The fraction of sp³-hybridized carbons (Fsp3) is 0.0857. The Morgan fingerprint density at radius 3 is 2.11 bits per heavy atom. The van der Waals surface area contributed by atoms with E-state index in [2.05, 4.69) is 122 Å². The Hall–Kier alpha value is -4.56. The molecule has 1 aliphatic rings. The van der Waals surface area contributed by atoms with Gasteiger partial charge in [0.2, 0.25) is 0 Å². The van der Waals surface area contributed by atoms with Crippen molar-refractivity contribution in [2.24, 2.45) is 0 Å². The van der Waals surface area contributed by atoms with E-state index in [0.717, 1.165) is 16.8 Å². The minimum Gasteiger partial charge on any atom is -0.264 e. The molecule has 0 saturated heterocycles. The highest BCUT2D eigenvalue weighted by Crippen LogP contribution is 2.53. The number of nitrogens with zero attached hydrogens (tertiary/aromatic N) is 2. The molecule has 0 atom stereocenters. The Morgan fingerprint density at radius 2 is 1.30 bits per heavy atom. The van der Waals surface area contributed by atoms with E-state index in [0.29, 0.717) is 0 Å². The van der Waals surface area contributed by atoms with Gasteiger partial charge in [0.05, 0.1) is 11.2 Å². The van der Waals surface area contributed by atoms with Crippen molar-refractivity contribution < 1.29 is 0 Å². The van der Waals surface area contributed by atoms with Crippen molar-refractivity contribution in [2.75, 3.05) is 0 Å². The van der Waals surface area contributed by atoms with Crippen molar-refractivity contribution in [3.63, 3.8) is 0 Å². The first kappa shape index (κ1) is 21.7. The van der Waals surface area contributed by atoms with Crippen LogP contribution in [0.5, 0.6) is 0 Å². The lowest BCUT2D eigenvalue weighted by Crippen LogP contribution is -2.16. The van der Waals surface area contributed by atoms with Crippen molar-refractivity contribution in [1.29, 1.82) is 0 Å². The first-order chi connectivity index (χ1) is 18.1. The summed E-state index contributed by atoms with van der Waals surface area (Å²) >= 11 is 0. The van der Waals surface area contributed by atoms with Crippen LogP contribution in [0, 0.1) is 0 Å². The van der Waals surface area contributed by atoms with Crippen molar-refractivity contribution in [1.82, 2.24) is 9.97 Å². The quantitative estimate of drug-likeness (QED) is 0.256. The molecule has 0 bridgehead atoms. The molecule has 4 aromatic carbocycles. The largest absolute Gasteiger partial charge is 0.264 e. The smallest absolute Gasteiger partial charge is 0.0759 e. The molecule has 0 spiro atoms. The molecular weight excluding hydrogens is 448 g/mol. The predicted molar refractivity (Wildman–Crippen MR) is 153 cm³/mol. The van der Waals surface area contributed by atoms with E-state index in [4.69, 9.17) is 4.98 Å². The second-order valence-electron chi connectivity index (χ2n) is 10.3. The van der Waals surface area contributed by atoms with Crippen LogP contribution in [0.25, 0.3) is 55.5 Å². The maximum absolute atomic E-state index is 5.19. The summed E-state index contributed by atoms with van der Waals surface area (Å²) in [5, 5.41) is 1.20. The third kappa shape index (κ3) is 3.41. The van der Waals surface area contributed by atoms with Gasteiger partial charge < -0.3 is 0 Å². The van der Waals surface area contributed by atoms with E-state index in [-0.39, 0.29) is 5.41 Å². The number of fused-ring (bicyclic) bond motifs is 4. The van der Waals surface area contributed by atoms with Crippen LogP contribution in [-0.2, 0) is 5.41 Å². The standard InChI is InChI=1S/C35H26N2/c1-35(2)30-14-5-3-12-28(30)34-33(35)32(29-13-4-6-15-31(29)37-34)26-10-7-9-25(21-26)23-16-18-24(19-17-23)27-11-8-20-36-22-27/h3-22H,1-2H3. The zero-order chi connectivity index (χ0) is 25.0. The van der Waals surface area contributed by atoms with Gasteiger partial charge in [0.25, 0.3) is 0 Å². The van der Waals surface area contributed by atoms with E-state index >= 15 is 0 Å². The number of pyridine rings is 2. The van der Waals surface area contributed by atoms with Crippen molar-refractivity contribution >= 4 is 10.9 Å². The minimum atomic E-state index is -0.139. The number of benzene rings is 4. The molecule has 0 N–H and O–H groups in total. The van der Waals surface area contributed by atoms with Gasteiger partial charge in [-0.3, -0.25) is 4.98 Å². The highest BCUT2D eigenvalue weighted by molar-refractivity contribution is 6.02. The fourth-order valence-electron chi connectivity index (χ4n) is 5.93. The second kappa shape index (κ2) is 8.25. The lowest BCUT2D eigenvalue weighted by molar-refractivity contribution is 0.662. The minimum absolute atomic E-state index is 0.139. The summed E-state index contributed by atoms with van der Waals surface area (Å²) in [5.74, 6) is 0. The number of rotatable bonds is 3. The molecule has 2 heterocycles. The van der Waals surface area contributed by atoms with Gasteiger partial charge >= 0.3 is 0 Å². The summed E-state index contributed by atoms with van der Waals surface area (Å²) in [6, 6.07) is 39.1. The summed E-state index contributed by atoms with van der Waals surface area (Å²) < 4.78 is 0. The van der Waals surface area contributed by atoms with Crippen LogP contribution < -0.4 is 0 Å². The van der Waals surface area contributed by atoms with E-state index in [1.807, 2.05) is 18.5 Å². The topological polar surface area (TPSA) is 25.8 Å². The van der Waals surface area contributed by atoms with Crippen LogP contribution in [0.2, 0.25) is 0 Å². The Kier molecular flexibility index (Phi) is 4.84. The Labute approximate surface area is 217 Å². The van der Waals surface area contributed by atoms with Crippen LogP contribution in [0.3, 0.4) is 0 Å². The second-order valence-corrected chi connectivity index (χ2v) is 10.3. The molecule has 0 radical (unpaired) electrons. The monoisotopic (exact) mass is 474 g/mol. The van der Waals surface area contributed by atoms with Gasteiger partial charge in [-0.1, -0.05) is 105 Å². The molecule has 1 aliphatic carbocycles. The maximum atomic E-state index is 5.19. The fourth-order valence-corrected chi connectivity index (χ4v) is 5.93. The highest BCUT2D eigenvalue weighted by atomic mass is 14.7. The molecule has 0 saturated carbocycles. The molecule has 0 fully saturated rings. The first-order valence-corrected chi connectivity index (χ1v) is 12.8. The molecule has 2 heteroatoms. The summed E-state index contributed by atoms with van der Waals surface area (Å²) in [4.78, 5) is 9.45. The maximum Gasteiger partial charge on any atom is 0.0759 e. The van der Waals surface area contributed by atoms with Gasteiger partial charge in [0.15, 0.2) is 0 Å². The molecule has 0 aliphatic heterocycles. The van der Waals surface area contributed by atoms with Crippen LogP contribution in [-0.4, -0.2) is 9.97 Å². The zero-order valence-corrected chi connectivity index (χ0v) is 20.9. The van der Waals surface area contributed by atoms with Gasteiger partial charge in [-0.2, -0.15) is 0 Å². The van der Waals surface area contributed by atoms with E-state index in [1.54, 1.807) is 0 Å². The van der Waals surface area contributed by atoms with Gasteiger partial charge in [-0.15, -0.1) is 0 Å². The normalized spacial score (nSPS) is 13.4. The number of aromatic nitrogens is 2. The molecule has 6 aromatic rings. The Balaban J connectivity index is 1.41. The number of hydrogen-bond donors (Lipinski definition) is 0. The summed E-state index contributed by atoms with van der Waals surface area (Å²) in [6.07, 6.45) is 3.72. The lowest BCUT2D eigenvalue weighted by Gasteiger charge is -2.25.